The van der Waals surface area contributed by atoms with Gasteiger partial charge < -0.3 is 19.4 Å². The first-order valence-electron chi connectivity index (χ1n) is 12.2. The molecule has 6 rings (SSSR count). The van der Waals surface area contributed by atoms with Crippen LogP contribution in [-0.4, -0.2) is 52.8 Å². The summed E-state index contributed by atoms with van der Waals surface area (Å²) in [7, 11) is 1.71. The molecule has 0 bridgehead atoms. The molecular weight excluding hydrogens is 444 g/mol. The summed E-state index contributed by atoms with van der Waals surface area (Å²) in [5, 5.41) is 1.30. The number of likely N-dealkylation sites (tertiary alicyclic amines) is 1. The summed E-state index contributed by atoms with van der Waals surface area (Å²) >= 11 is 0. The number of fused-ring (bicyclic) bond motifs is 6. The lowest BCUT2D eigenvalue weighted by Gasteiger charge is -2.29. The SMILES string of the molecule is COc1cccc2c1[C@@H]1CN(CCCCn3c(=O)[nH]c4c(ccc5ncccc54)c3=O)C[C@@H]1CO2. The van der Waals surface area contributed by atoms with Gasteiger partial charge in [-0.1, -0.05) is 6.07 Å². The molecule has 0 aliphatic carbocycles. The van der Waals surface area contributed by atoms with Crippen molar-refractivity contribution in [3.05, 3.63) is 75.1 Å². The van der Waals surface area contributed by atoms with Crippen LogP contribution >= 0.6 is 0 Å². The van der Waals surface area contributed by atoms with Crippen LogP contribution < -0.4 is 20.7 Å². The van der Waals surface area contributed by atoms with Crippen LogP contribution in [0.4, 0.5) is 0 Å². The van der Waals surface area contributed by atoms with Crippen molar-refractivity contribution in [2.75, 3.05) is 33.4 Å². The van der Waals surface area contributed by atoms with Crippen molar-refractivity contribution >= 4 is 21.8 Å². The highest BCUT2D eigenvalue weighted by Crippen LogP contribution is 2.46. The van der Waals surface area contributed by atoms with Crippen molar-refractivity contribution in [1.29, 1.82) is 0 Å². The van der Waals surface area contributed by atoms with Gasteiger partial charge in [0.25, 0.3) is 5.56 Å². The Bertz CT molecular complexity index is 1510. The number of hydrogen-bond acceptors (Lipinski definition) is 6. The first kappa shape index (κ1) is 21.9. The Hall–Kier alpha value is -3.65. The van der Waals surface area contributed by atoms with Gasteiger partial charge >= 0.3 is 5.69 Å². The highest BCUT2D eigenvalue weighted by atomic mass is 16.5. The zero-order valence-corrected chi connectivity index (χ0v) is 19.7. The number of nitrogens with one attached hydrogen (secondary N) is 1. The van der Waals surface area contributed by atoms with Crippen molar-refractivity contribution in [2.45, 2.75) is 25.3 Å². The Balaban J connectivity index is 1.13. The fraction of sp³-hybridized carbons (Fsp3) is 0.370. The van der Waals surface area contributed by atoms with E-state index in [9.17, 15) is 9.59 Å². The van der Waals surface area contributed by atoms with Gasteiger partial charge in [-0.2, -0.15) is 0 Å². The number of aromatic nitrogens is 3. The van der Waals surface area contributed by atoms with Crippen molar-refractivity contribution in [1.82, 2.24) is 19.4 Å². The second kappa shape index (κ2) is 8.85. The normalized spacial score (nSPS) is 19.5. The monoisotopic (exact) mass is 472 g/mol. The molecule has 180 valence electrons. The van der Waals surface area contributed by atoms with E-state index >= 15 is 0 Å². The fourth-order valence-corrected chi connectivity index (χ4v) is 5.71. The van der Waals surface area contributed by atoms with Crippen molar-refractivity contribution in [3.63, 3.8) is 0 Å². The Kier molecular flexibility index (Phi) is 5.53. The summed E-state index contributed by atoms with van der Waals surface area (Å²) in [5.74, 6) is 2.70. The molecule has 1 saturated heterocycles. The van der Waals surface area contributed by atoms with E-state index in [4.69, 9.17) is 9.47 Å². The number of unbranched alkanes of at least 4 members (excludes halogenated alkanes) is 1. The van der Waals surface area contributed by atoms with Gasteiger partial charge in [-0.25, -0.2) is 4.79 Å². The van der Waals surface area contributed by atoms with Crippen molar-refractivity contribution in [3.8, 4) is 11.5 Å². The predicted octanol–water partition coefficient (Wildman–Crippen LogP) is 3.13. The molecule has 0 radical (unpaired) electrons. The van der Waals surface area contributed by atoms with E-state index in [2.05, 4.69) is 14.9 Å². The summed E-state index contributed by atoms with van der Waals surface area (Å²) < 4.78 is 12.9. The molecule has 2 atom stereocenters. The van der Waals surface area contributed by atoms with Gasteiger partial charge in [0.2, 0.25) is 0 Å². The van der Waals surface area contributed by atoms with Crippen LogP contribution in [0.25, 0.3) is 21.8 Å². The van der Waals surface area contributed by atoms with Gasteiger partial charge in [-0.05, 0) is 55.8 Å². The Morgan fingerprint density at radius 2 is 1.94 bits per heavy atom. The molecule has 2 aromatic heterocycles. The summed E-state index contributed by atoms with van der Waals surface area (Å²) in [6.45, 7) is 4.01. The highest BCUT2D eigenvalue weighted by molar-refractivity contribution is 6.03. The lowest BCUT2D eigenvalue weighted by molar-refractivity contribution is 0.209. The summed E-state index contributed by atoms with van der Waals surface area (Å²) in [5.41, 5.74) is 1.88. The molecule has 2 aliphatic rings. The minimum atomic E-state index is -0.369. The van der Waals surface area contributed by atoms with Gasteiger partial charge in [0.1, 0.15) is 11.5 Å². The molecule has 0 unspecified atom stereocenters. The number of rotatable bonds is 6. The Labute approximate surface area is 202 Å². The van der Waals surface area contributed by atoms with Crippen LogP contribution in [0.2, 0.25) is 0 Å². The molecule has 2 aliphatic heterocycles. The zero-order valence-electron chi connectivity index (χ0n) is 19.7. The number of methoxy groups -OCH3 is 1. The molecule has 1 N–H and O–H groups in total. The van der Waals surface area contributed by atoms with Crippen LogP contribution in [0.3, 0.4) is 0 Å². The lowest BCUT2D eigenvalue weighted by atomic mass is 9.86. The number of benzene rings is 2. The Morgan fingerprint density at radius 1 is 1.06 bits per heavy atom. The molecule has 0 amide bonds. The molecule has 35 heavy (non-hydrogen) atoms. The smallest absolute Gasteiger partial charge is 0.328 e. The summed E-state index contributed by atoms with van der Waals surface area (Å²) in [6, 6.07) is 13.3. The van der Waals surface area contributed by atoms with Gasteiger partial charge in [0.15, 0.2) is 0 Å². The lowest BCUT2D eigenvalue weighted by Crippen LogP contribution is -2.35. The molecule has 0 saturated carbocycles. The molecule has 0 spiro atoms. The van der Waals surface area contributed by atoms with E-state index in [1.165, 1.54) is 10.1 Å². The third-order valence-electron chi connectivity index (χ3n) is 7.43. The van der Waals surface area contributed by atoms with E-state index in [-0.39, 0.29) is 11.2 Å². The fourth-order valence-electron chi connectivity index (χ4n) is 5.71. The summed E-state index contributed by atoms with van der Waals surface area (Å²) in [4.78, 5) is 35.5. The van der Waals surface area contributed by atoms with E-state index in [0.29, 0.717) is 29.3 Å². The second-order valence-corrected chi connectivity index (χ2v) is 9.46. The topological polar surface area (TPSA) is 89.5 Å². The van der Waals surface area contributed by atoms with Crippen LogP contribution in [0.1, 0.15) is 24.3 Å². The average molecular weight is 473 g/mol. The van der Waals surface area contributed by atoms with E-state index in [0.717, 1.165) is 61.5 Å². The van der Waals surface area contributed by atoms with Crippen molar-refractivity contribution in [2.24, 2.45) is 5.92 Å². The highest BCUT2D eigenvalue weighted by Gasteiger charge is 2.40. The minimum absolute atomic E-state index is 0.248. The van der Waals surface area contributed by atoms with Gasteiger partial charge in [-0.3, -0.25) is 14.3 Å². The quantitative estimate of drug-likeness (QED) is 0.343. The van der Waals surface area contributed by atoms with Gasteiger partial charge in [0, 0.05) is 48.6 Å². The number of ether oxygens (including phenoxy) is 2. The van der Waals surface area contributed by atoms with Crippen molar-refractivity contribution < 1.29 is 9.47 Å². The maximum Gasteiger partial charge on any atom is 0.328 e. The van der Waals surface area contributed by atoms with Crippen LogP contribution in [-0.2, 0) is 6.54 Å². The number of nitrogens with zero attached hydrogens (tertiary/aromatic N) is 3. The number of aromatic amines is 1. The first-order chi connectivity index (χ1) is 17.1. The number of H-pyrrole nitrogens is 1. The third-order valence-corrected chi connectivity index (χ3v) is 7.43. The van der Waals surface area contributed by atoms with Gasteiger partial charge in [-0.15, -0.1) is 0 Å². The molecular formula is C27H28N4O4. The maximum atomic E-state index is 13.1. The van der Waals surface area contributed by atoms with Gasteiger partial charge in [0.05, 0.1) is 30.1 Å². The summed E-state index contributed by atoms with van der Waals surface area (Å²) in [6.07, 6.45) is 3.36. The molecule has 4 aromatic rings. The van der Waals surface area contributed by atoms with E-state index < -0.39 is 0 Å². The molecule has 1 fully saturated rings. The average Bonchev–Trinajstić information content (AvgIpc) is 3.31. The molecule has 4 heterocycles. The number of hydrogen-bond donors (Lipinski definition) is 1. The largest absolute Gasteiger partial charge is 0.496 e. The standard InChI is InChI=1S/C27H28N4O4/c1-34-22-7-4-8-23-24(22)20-15-30(14-17(20)16-35-23)12-2-3-13-31-26(32)19-9-10-21-18(6-5-11-28-21)25(19)29-27(31)33/h4-11,17,20H,2-3,12-16H2,1H3,(H,29,33)/t17-,20-/m1/s1. The maximum absolute atomic E-state index is 13.1. The second-order valence-electron chi connectivity index (χ2n) is 9.46. The Morgan fingerprint density at radius 3 is 2.83 bits per heavy atom. The van der Waals surface area contributed by atoms with Crippen LogP contribution in [0.15, 0.2) is 58.3 Å². The number of pyridine rings is 1. The minimum Gasteiger partial charge on any atom is -0.496 e. The predicted molar refractivity (Wildman–Crippen MR) is 135 cm³/mol. The van der Waals surface area contributed by atoms with E-state index in [1.54, 1.807) is 25.4 Å². The molecule has 8 heteroatoms. The zero-order chi connectivity index (χ0) is 23.9. The molecule has 2 aromatic carbocycles. The molecule has 8 nitrogen and oxygen atoms in total. The third kappa shape index (κ3) is 3.78. The van der Waals surface area contributed by atoms with Crippen LogP contribution in [0.5, 0.6) is 11.5 Å². The first-order valence-corrected chi connectivity index (χ1v) is 12.2. The van der Waals surface area contributed by atoms with E-state index in [1.807, 2.05) is 30.3 Å². The van der Waals surface area contributed by atoms with Crippen LogP contribution in [0, 0.1) is 5.92 Å².